The fraction of sp³-hybridized carbons (Fsp3) is 0.500. The van der Waals surface area contributed by atoms with Crippen molar-refractivity contribution in [2.24, 2.45) is 0 Å². The average Bonchev–Trinajstić information content (AvgIpc) is 1.87. The molecule has 0 bridgehead atoms. The summed E-state index contributed by atoms with van der Waals surface area (Å²) in [6.07, 6.45) is 2.10. The highest BCUT2D eigenvalue weighted by molar-refractivity contribution is 6.11. The topological polar surface area (TPSA) is 26.3 Å². The van der Waals surface area contributed by atoms with Crippen LogP contribution in [0.4, 0.5) is 0 Å². The first-order valence-electron chi connectivity index (χ1n) is 3.03. The maximum Gasteiger partial charge on any atom is 0.330 e. The number of ether oxygens (including phenoxy) is 1. The van der Waals surface area contributed by atoms with Gasteiger partial charge in [-0.05, 0) is 6.42 Å². The van der Waals surface area contributed by atoms with Crippen molar-refractivity contribution >= 4 is 16.2 Å². The monoisotopic (exact) mass is 144 g/mol. The molecule has 0 fully saturated rings. The van der Waals surface area contributed by atoms with Gasteiger partial charge >= 0.3 is 5.97 Å². The molecule has 0 aromatic heterocycles. The molecule has 0 radical (unpaired) electrons. The Morgan fingerprint density at radius 2 is 2.56 bits per heavy atom. The van der Waals surface area contributed by atoms with Crippen molar-refractivity contribution in [3.8, 4) is 0 Å². The Morgan fingerprint density at radius 1 is 2.00 bits per heavy atom. The molecular formula is C6H12O2Si. The van der Waals surface area contributed by atoms with E-state index in [0.29, 0.717) is 0 Å². The van der Waals surface area contributed by atoms with Crippen LogP contribution in [-0.4, -0.2) is 21.9 Å². The van der Waals surface area contributed by atoms with Gasteiger partial charge in [-0.25, -0.2) is 4.79 Å². The molecule has 1 atom stereocenters. The molecule has 0 heterocycles. The van der Waals surface area contributed by atoms with E-state index in [4.69, 9.17) is 4.74 Å². The van der Waals surface area contributed by atoms with Crippen LogP contribution >= 0.6 is 0 Å². The van der Waals surface area contributed by atoms with Crippen LogP contribution in [0.25, 0.3) is 0 Å². The molecule has 0 aliphatic heterocycles. The van der Waals surface area contributed by atoms with Crippen LogP contribution < -0.4 is 0 Å². The molecule has 0 aliphatic rings. The van der Waals surface area contributed by atoms with E-state index in [-0.39, 0.29) is 11.7 Å². The lowest BCUT2D eigenvalue weighted by Crippen LogP contribution is -2.14. The van der Waals surface area contributed by atoms with Gasteiger partial charge in [0.15, 0.2) is 0 Å². The first kappa shape index (κ1) is 8.43. The zero-order valence-corrected chi connectivity index (χ0v) is 7.89. The van der Waals surface area contributed by atoms with Crippen molar-refractivity contribution in [3.63, 3.8) is 0 Å². The third kappa shape index (κ3) is 3.97. The second-order valence-corrected chi connectivity index (χ2v) is 3.15. The average molecular weight is 144 g/mol. The van der Waals surface area contributed by atoms with Gasteiger partial charge in [-0.1, -0.05) is 13.5 Å². The van der Waals surface area contributed by atoms with E-state index in [2.05, 4.69) is 6.58 Å². The van der Waals surface area contributed by atoms with E-state index in [1.807, 2.05) is 6.92 Å². The summed E-state index contributed by atoms with van der Waals surface area (Å²) in [5.41, 5.74) is 0.149. The summed E-state index contributed by atoms with van der Waals surface area (Å²) in [6, 6.07) is 0. The van der Waals surface area contributed by atoms with Crippen molar-refractivity contribution in [2.45, 2.75) is 19.1 Å². The Labute approximate surface area is 58.3 Å². The summed E-state index contributed by atoms with van der Waals surface area (Å²) in [6.45, 7) is 5.28. The summed E-state index contributed by atoms with van der Waals surface area (Å²) >= 11 is 0. The second kappa shape index (κ2) is 4.32. The molecule has 1 unspecified atom stereocenters. The van der Waals surface area contributed by atoms with E-state index < -0.39 is 0 Å². The van der Waals surface area contributed by atoms with Crippen molar-refractivity contribution < 1.29 is 9.53 Å². The smallest absolute Gasteiger partial charge is 0.330 e. The molecule has 0 spiro atoms. The molecule has 3 heteroatoms. The van der Waals surface area contributed by atoms with Gasteiger partial charge in [0, 0.05) is 6.08 Å². The molecule has 0 saturated heterocycles. The number of esters is 1. The maximum atomic E-state index is 10.5. The summed E-state index contributed by atoms with van der Waals surface area (Å²) in [5.74, 6) is -0.308. The lowest BCUT2D eigenvalue weighted by molar-refractivity contribution is -0.139. The Bertz CT molecular complexity index is 112. The highest BCUT2D eigenvalue weighted by atomic mass is 28.1. The second-order valence-electron chi connectivity index (χ2n) is 1.86. The third-order valence-electron chi connectivity index (χ3n) is 1.06. The molecule has 0 amide bonds. The van der Waals surface area contributed by atoms with E-state index >= 15 is 0 Å². The molecule has 0 N–H and O–H groups in total. The van der Waals surface area contributed by atoms with Gasteiger partial charge in [0.1, 0.15) is 0 Å². The lowest BCUT2D eigenvalue weighted by atomic mass is 10.5. The van der Waals surface area contributed by atoms with Crippen LogP contribution in [0.1, 0.15) is 13.3 Å². The highest BCUT2D eigenvalue weighted by Gasteiger charge is 2.00. The van der Waals surface area contributed by atoms with Crippen LogP contribution in [0, 0.1) is 0 Å². The Hall–Kier alpha value is -0.573. The first-order chi connectivity index (χ1) is 4.20. The van der Waals surface area contributed by atoms with Gasteiger partial charge in [-0.3, -0.25) is 0 Å². The van der Waals surface area contributed by atoms with Gasteiger partial charge in [-0.15, -0.1) is 0 Å². The minimum atomic E-state index is -0.308. The van der Waals surface area contributed by atoms with Gasteiger partial charge in [0.05, 0.1) is 16.0 Å². The first-order valence-corrected chi connectivity index (χ1v) is 4.19. The summed E-state index contributed by atoms with van der Waals surface area (Å²) in [7, 11) is 0.901. The number of hydrogen-bond acceptors (Lipinski definition) is 2. The quantitative estimate of drug-likeness (QED) is 0.312. The van der Waals surface area contributed by atoms with Gasteiger partial charge < -0.3 is 4.74 Å². The fourth-order valence-corrected chi connectivity index (χ4v) is 0.562. The van der Waals surface area contributed by atoms with Crippen molar-refractivity contribution in [2.75, 3.05) is 0 Å². The van der Waals surface area contributed by atoms with Crippen LogP contribution in [0.5, 0.6) is 0 Å². The lowest BCUT2D eigenvalue weighted by Gasteiger charge is -2.07. The summed E-state index contributed by atoms with van der Waals surface area (Å²) < 4.78 is 4.85. The molecule has 0 aromatic rings. The van der Waals surface area contributed by atoms with Gasteiger partial charge in [-0.2, -0.15) is 0 Å². The Balaban J connectivity index is 3.46. The maximum absolute atomic E-state index is 10.5. The zero-order valence-electron chi connectivity index (χ0n) is 5.89. The van der Waals surface area contributed by atoms with E-state index in [1.54, 1.807) is 0 Å². The van der Waals surface area contributed by atoms with Crippen molar-refractivity contribution in [3.05, 3.63) is 12.7 Å². The molecule has 52 valence electrons. The van der Waals surface area contributed by atoms with Crippen molar-refractivity contribution in [1.82, 2.24) is 0 Å². The van der Waals surface area contributed by atoms with Crippen LogP contribution in [0.3, 0.4) is 0 Å². The standard InChI is InChI=1S/C6H12O2Si/c1-3-5(7)8-6(9)4-2/h3,6H,1,4H2,2,9H3. The molecule has 9 heavy (non-hydrogen) atoms. The van der Waals surface area contributed by atoms with Crippen LogP contribution in [-0.2, 0) is 9.53 Å². The molecule has 0 saturated carbocycles. The highest BCUT2D eigenvalue weighted by Crippen LogP contribution is 1.91. The molecule has 0 aliphatic carbocycles. The summed E-state index contributed by atoms with van der Waals surface area (Å²) in [4.78, 5) is 10.5. The number of hydrogen-bond donors (Lipinski definition) is 0. The predicted octanol–water partition coefficient (Wildman–Crippen LogP) is -0.183. The zero-order chi connectivity index (χ0) is 7.28. The number of carbonyl (C=O) groups excluding carboxylic acids is 1. The van der Waals surface area contributed by atoms with Crippen LogP contribution in [0.2, 0.25) is 0 Å². The SMILES string of the molecule is C=CC(=O)OC([SiH3])CC. The molecule has 0 aromatic carbocycles. The minimum absolute atomic E-state index is 0.149. The number of rotatable bonds is 3. The molecular weight excluding hydrogens is 132 g/mol. The summed E-state index contributed by atoms with van der Waals surface area (Å²) in [5, 5.41) is 0. The third-order valence-corrected chi connectivity index (χ3v) is 2.11. The number of carbonyl (C=O) groups is 1. The molecule has 0 rings (SSSR count). The normalized spacial score (nSPS) is 12.6. The fourth-order valence-electron chi connectivity index (χ4n) is 0.330. The molecule has 2 nitrogen and oxygen atoms in total. The minimum Gasteiger partial charge on any atom is -0.464 e. The Kier molecular flexibility index (Phi) is 4.04. The van der Waals surface area contributed by atoms with Crippen LogP contribution in [0.15, 0.2) is 12.7 Å². The van der Waals surface area contributed by atoms with Gasteiger partial charge in [0.2, 0.25) is 0 Å². The van der Waals surface area contributed by atoms with Crippen molar-refractivity contribution in [1.29, 1.82) is 0 Å². The van der Waals surface area contributed by atoms with E-state index in [1.165, 1.54) is 6.08 Å². The largest absolute Gasteiger partial charge is 0.464 e. The Morgan fingerprint density at radius 3 is 2.89 bits per heavy atom. The van der Waals surface area contributed by atoms with E-state index in [0.717, 1.165) is 16.7 Å². The van der Waals surface area contributed by atoms with Gasteiger partial charge in [0.25, 0.3) is 0 Å². The predicted molar refractivity (Wildman–Crippen MR) is 40.3 cm³/mol. The van der Waals surface area contributed by atoms with E-state index in [9.17, 15) is 4.79 Å².